The number of carbonyl (C=O) groups is 3. The molecule has 0 heterocycles. The highest BCUT2D eigenvalue weighted by Crippen LogP contribution is 2.13. The molecule has 0 saturated heterocycles. The summed E-state index contributed by atoms with van der Waals surface area (Å²) in [6, 6.07) is 0. The highest BCUT2D eigenvalue weighted by molar-refractivity contribution is 5.71. The third-order valence-corrected chi connectivity index (χ3v) is 10.7. The zero-order chi connectivity index (χ0) is 45.1. The van der Waals surface area contributed by atoms with Crippen LogP contribution in [0.3, 0.4) is 0 Å². The van der Waals surface area contributed by atoms with Gasteiger partial charge in [-0.25, -0.2) is 0 Å². The van der Waals surface area contributed by atoms with Crippen molar-refractivity contribution < 1.29 is 28.6 Å². The molecule has 0 aromatic heterocycles. The summed E-state index contributed by atoms with van der Waals surface area (Å²) < 4.78 is 16.7. The average molecular weight is 863 g/mol. The van der Waals surface area contributed by atoms with Crippen LogP contribution in [0.4, 0.5) is 0 Å². The molecule has 6 nitrogen and oxygen atoms in total. The van der Waals surface area contributed by atoms with Gasteiger partial charge in [0.05, 0.1) is 0 Å². The molecule has 0 saturated carbocycles. The van der Waals surface area contributed by atoms with Crippen LogP contribution in [0.2, 0.25) is 0 Å². The van der Waals surface area contributed by atoms with Crippen LogP contribution in [-0.4, -0.2) is 37.2 Å². The Morgan fingerprint density at radius 1 is 0.355 bits per heavy atom. The molecule has 0 amide bonds. The smallest absolute Gasteiger partial charge is 0.306 e. The molecule has 0 fully saturated rings. The minimum absolute atomic E-state index is 0.108. The molecule has 1 atom stereocenters. The summed E-state index contributed by atoms with van der Waals surface area (Å²) in [5.74, 6) is -1.01. The maximum atomic E-state index is 12.8. The van der Waals surface area contributed by atoms with Crippen LogP contribution in [0.1, 0.15) is 233 Å². The number of allylic oxidation sites excluding steroid dienone is 14. The molecule has 0 radical (unpaired) electrons. The van der Waals surface area contributed by atoms with E-state index in [2.05, 4.69) is 75.5 Å². The van der Waals surface area contributed by atoms with Gasteiger partial charge in [0, 0.05) is 19.3 Å². The molecule has 1 unspecified atom stereocenters. The second-order valence-electron chi connectivity index (χ2n) is 16.8. The average Bonchev–Trinajstić information content (AvgIpc) is 3.27. The van der Waals surface area contributed by atoms with E-state index in [1.54, 1.807) is 0 Å². The molecular formula is C56H94O6. The number of esters is 3. The van der Waals surface area contributed by atoms with Crippen LogP contribution in [0.15, 0.2) is 85.1 Å². The van der Waals surface area contributed by atoms with Gasteiger partial charge < -0.3 is 14.2 Å². The summed E-state index contributed by atoms with van der Waals surface area (Å²) >= 11 is 0. The van der Waals surface area contributed by atoms with Crippen molar-refractivity contribution in [3.8, 4) is 0 Å². The van der Waals surface area contributed by atoms with Gasteiger partial charge in [-0.2, -0.15) is 0 Å². The maximum absolute atomic E-state index is 12.8. The number of carbonyl (C=O) groups excluding carboxylic acids is 3. The Morgan fingerprint density at radius 2 is 0.726 bits per heavy atom. The Bertz CT molecular complexity index is 1220. The largest absolute Gasteiger partial charge is 0.462 e. The Balaban J connectivity index is 4.50. The fourth-order valence-corrected chi connectivity index (χ4v) is 6.85. The molecule has 0 rings (SSSR count). The fourth-order valence-electron chi connectivity index (χ4n) is 6.85. The zero-order valence-electron chi connectivity index (χ0n) is 40.4. The molecule has 0 aliphatic rings. The summed E-state index contributed by atoms with van der Waals surface area (Å²) in [4.78, 5) is 37.9. The predicted octanol–water partition coefficient (Wildman–Crippen LogP) is 16.8. The molecule has 0 aliphatic carbocycles. The third-order valence-electron chi connectivity index (χ3n) is 10.7. The van der Waals surface area contributed by atoms with Crippen LogP contribution in [0, 0.1) is 0 Å². The van der Waals surface area contributed by atoms with Crippen molar-refractivity contribution in [3.05, 3.63) is 85.1 Å². The quantitative estimate of drug-likeness (QED) is 0.0199. The minimum Gasteiger partial charge on any atom is -0.462 e. The summed E-state index contributed by atoms with van der Waals surface area (Å²) in [5, 5.41) is 0. The summed E-state index contributed by atoms with van der Waals surface area (Å²) in [6.45, 7) is 6.40. The van der Waals surface area contributed by atoms with E-state index in [0.717, 1.165) is 89.9 Å². The number of unbranched alkanes of at least 4 members (excludes halogenated alkanes) is 23. The van der Waals surface area contributed by atoms with Gasteiger partial charge in [-0.3, -0.25) is 14.4 Å². The van der Waals surface area contributed by atoms with Gasteiger partial charge in [0.1, 0.15) is 13.2 Å². The molecule has 0 spiro atoms. The SMILES string of the molecule is CC\C=C/C=C\C=C/C=C\CCCCCCCC(=O)OC(COC(=O)CC/C=C\C/C=C\CCCCCCCC)COC(=O)CCCCCCC/C=C\CCCCCCCCC. The van der Waals surface area contributed by atoms with Crippen molar-refractivity contribution in [3.63, 3.8) is 0 Å². The second kappa shape index (κ2) is 50.2. The first kappa shape index (κ1) is 58.6. The van der Waals surface area contributed by atoms with Crippen LogP contribution in [0.25, 0.3) is 0 Å². The molecule has 62 heavy (non-hydrogen) atoms. The molecule has 0 aliphatic heterocycles. The molecule has 6 heteroatoms. The van der Waals surface area contributed by atoms with Gasteiger partial charge in [0.25, 0.3) is 0 Å². The van der Waals surface area contributed by atoms with Crippen molar-refractivity contribution in [2.45, 2.75) is 239 Å². The van der Waals surface area contributed by atoms with E-state index < -0.39 is 6.10 Å². The Hall–Kier alpha value is -3.41. The van der Waals surface area contributed by atoms with Gasteiger partial charge in [0.15, 0.2) is 6.10 Å². The number of rotatable bonds is 45. The normalized spacial score (nSPS) is 12.8. The zero-order valence-corrected chi connectivity index (χ0v) is 40.4. The minimum atomic E-state index is -0.814. The molecule has 0 aromatic rings. The topological polar surface area (TPSA) is 78.9 Å². The summed E-state index contributed by atoms with van der Waals surface area (Å²) in [7, 11) is 0. The predicted molar refractivity (Wildman–Crippen MR) is 265 cm³/mol. The molecule has 354 valence electrons. The Labute approximate surface area is 382 Å². The first-order chi connectivity index (χ1) is 30.5. The van der Waals surface area contributed by atoms with Crippen LogP contribution < -0.4 is 0 Å². The number of hydrogen-bond acceptors (Lipinski definition) is 6. The molecular weight excluding hydrogens is 769 g/mol. The van der Waals surface area contributed by atoms with Gasteiger partial charge in [-0.1, -0.05) is 215 Å². The van der Waals surface area contributed by atoms with Crippen LogP contribution in [-0.2, 0) is 28.6 Å². The van der Waals surface area contributed by atoms with Gasteiger partial charge in [0.2, 0.25) is 0 Å². The lowest BCUT2D eigenvalue weighted by molar-refractivity contribution is -0.166. The molecule has 0 N–H and O–H groups in total. The van der Waals surface area contributed by atoms with Gasteiger partial charge in [-0.15, -0.1) is 0 Å². The van der Waals surface area contributed by atoms with Gasteiger partial charge >= 0.3 is 17.9 Å². The van der Waals surface area contributed by atoms with Crippen LogP contribution >= 0.6 is 0 Å². The number of hydrogen-bond donors (Lipinski definition) is 0. The van der Waals surface area contributed by atoms with Crippen molar-refractivity contribution in [1.29, 1.82) is 0 Å². The lowest BCUT2D eigenvalue weighted by Crippen LogP contribution is -2.30. The van der Waals surface area contributed by atoms with Crippen LogP contribution in [0.5, 0.6) is 0 Å². The van der Waals surface area contributed by atoms with Gasteiger partial charge in [-0.05, 0) is 83.5 Å². The van der Waals surface area contributed by atoms with E-state index in [4.69, 9.17) is 14.2 Å². The monoisotopic (exact) mass is 863 g/mol. The first-order valence-electron chi connectivity index (χ1n) is 25.6. The summed E-state index contributed by atoms with van der Waals surface area (Å²) in [6.07, 6.45) is 64.3. The van der Waals surface area contributed by atoms with E-state index in [0.29, 0.717) is 12.8 Å². The van der Waals surface area contributed by atoms with E-state index in [1.807, 2.05) is 30.4 Å². The highest BCUT2D eigenvalue weighted by atomic mass is 16.6. The van der Waals surface area contributed by atoms with E-state index in [9.17, 15) is 14.4 Å². The first-order valence-corrected chi connectivity index (χ1v) is 25.6. The highest BCUT2D eigenvalue weighted by Gasteiger charge is 2.19. The standard InChI is InChI=1S/C56H94O6/c1-4-7-10-13-16-19-22-25-27-29-31-34-37-40-43-46-49-55(58)61-52-53(51-60-54(57)48-45-42-39-36-33-30-24-21-18-15-12-9-6-3)62-56(59)50-47-44-41-38-35-32-28-26-23-20-17-14-11-8-5-2/h8,11,14,17,20,23,26-30,33,39,42,53H,4-7,9-10,12-13,15-16,18-19,21-22,24-25,31-32,34-38,40-41,43-52H2,1-3H3/b11-8-,17-14-,23-20-,28-26-,29-27-,33-30-,42-39-. The van der Waals surface area contributed by atoms with E-state index in [-0.39, 0.29) is 44.0 Å². The maximum Gasteiger partial charge on any atom is 0.306 e. The lowest BCUT2D eigenvalue weighted by Gasteiger charge is -2.18. The summed E-state index contributed by atoms with van der Waals surface area (Å²) in [5.41, 5.74) is 0. The molecule has 0 bridgehead atoms. The fraction of sp³-hybridized carbons (Fsp3) is 0.696. The lowest BCUT2D eigenvalue weighted by atomic mass is 10.1. The van der Waals surface area contributed by atoms with Crippen molar-refractivity contribution >= 4 is 17.9 Å². The van der Waals surface area contributed by atoms with E-state index in [1.165, 1.54) is 96.3 Å². The van der Waals surface area contributed by atoms with Crippen molar-refractivity contribution in [2.24, 2.45) is 0 Å². The van der Waals surface area contributed by atoms with Crippen molar-refractivity contribution in [2.75, 3.05) is 13.2 Å². The Kier molecular flexibility index (Phi) is 47.5. The third kappa shape index (κ3) is 47.6. The Morgan fingerprint density at radius 3 is 1.23 bits per heavy atom. The molecule has 0 aromatic carbocycles. The van der Waals surface area contributed by atoms with E-state index >= 15 is 0 Å². The second-order valence-corrected chi connectivity index (χ2v) is 16.8. The van der Waals surface area contributed by atoms with Crippen molar-refractivity contribution in [1.82, 2.24) is 0 Å². The number of ether oxygens (including phenoxy) is 3.